The van der Waals surface area contributed by atoms with Crippen LogP contribution in [0.4, 0.5) is 10.1 Å². The first kappa shape index (κ1) is 11.7. The highest BCUT2D eigenvalue weighted by molar-refractivity contribution is 5.99. The van der Waals surface area contributed by atoms with E-state index >= 15 is 0 Å². The molecule has 16 heavy (non-hydrogen) atoms. The summed E-state index contributed by atoms with van der Waals surface area (Å²) in [5.74, 6) is -1.04. The van der Waals surface area contributed by atoms with E-state index in [-0.39, 0.29) is 17.0 Å². The van der Waals surface area contributed by atoms with Gasteiger partial charge in [0.15, 0.2) is 0 Å². The van der Waals surface area contributed by atoms with Crippen molar-refractivity contribution >= 4 is 11.6 Å². The van der Waals surface area contributed by atoms with Crippen LogP contribution >= 0.6 is 0 Å². The fourth-order valence-corrected chi connectivity index (χ4v) is 1.09. The van der Waals surface area contributed by atoms with Crippen LogP contribution in [0, 0.1) is 17.1 Å². The van der Waals surface area contributed by atoms with E-state index in [9.17, 15) is 9.18 Å². The average molecular weight is 220 g/mol. The minimum atomic E-state index is -0.701. The van der Waals surface area contributed by atoms with Gasteiger partial charge in [0.1, 0.15) is 17.6 Å². The number of methoxy groups -OCH3 is 1. The molecule has 1 rings (SSSR count). The minimum Gasteiger partial charge on any atom is -0.495 e. The lowest BCUT2D eigenvalue weighted by Gasteiger charge is -2.08. The Morgan fingerprint density at radius 1 is 1.69 bits per heavy atom. The Balaban J connectivity index is 3.17. The third-order valence-corrected chi connectivity index (χ3v) is 1.85. The second-order valence-corrected chi connectivity index (χ2v) is 2.84. The van der Waals surface area contributed by atoms with Gasteiger partial charge in [0.2, 0.25) is 5.91 Å². The summed E-state index contributed by atoms with van der Waals surface area (Å²) in [6.07, 6.45) is 1.02. The Kier molecular flexibility index (Phi) is 3.62. The van der Waals surface area contributed by atoms with E-state index in [0.29, 0.717) is 0 Å². The number of ether oxygens (including phenoxy) is 1. The fourth-order valence-electron chi connectivity index (χ4n) is 1.09. The molecule has 5 heteroatoms. The lowest BCUT2D eigenvalue weighted by molar-refractivity contribution is -0.111. The molecule has 1 N–H and O–H groups in total. The van der Waals surface area contributed by atoms with Crippen LogP contribution in [0.5, 0.6) is 5.75 Å². The zero-order valence-corrected chi connectivity index (χ0v) is 8.58. The van der Waals surface area contributed by atoms with Crippen molar-refractivity contribution in [1.29, 1.82) is 5.26 Å². The Labute approximate surface area is 91.9 Å². The zero-order valence-electron chi connectivity index (χ0n) is 8.58. The molecular formula is C11H9FN2O2. The summed E-state index contributed by atoms with van der Waals surface area (Å²) in [4.78, 5) is 11.0. The van der Waals surface area contributed by atoms with E-state index in [1.807, 2.05) is 0 Å². The Morgan fingerprint density at radius 2 is 2.38 bits per heavy atom. The summed E-state index contributed by atoms with van der Waals surface area (Å²) in [5, 5.41) is 11.0. The van der Waals surface area contributed by atoms with Gasteiger partial charge >= 0.3 is 0 Å². The fraction of sp³-hybridized carbons (Fsp3) is 0.0909. The molecule has 4 nitrogen and oxygen atoms in total. The molecule has 0 aliphatic rings. The predicted octanol–water partition coefficient (Wildman–Crippen LogP) is 1.83. The molecule has 1 amide bonds. The Hall–Kier alpha value is -2.35. The highest BCUT2D eigenvalue weighted by Gasteiger charge is 2.11. The molecule has 0 spiro atoms. The second kappa shape index (κ2) is 4.94. The van der Waals surface area contributed by atoms with Gasteiger partial charge in [-0.1, -0.05) is 6.58 Å². The van der Waals surface area contributed by atoms with Gasteiger partial charge < -0.3 is 10.1 Å². The van der Waals surface area contributed by atoms with E-state index < -0.39 is 11.7 Å². The maximum atomic E-state index is 13.4. The molecule has 0 atom stereocenters. The third kappa shape index (κ3) is 2.36. The van der Waals surface area contributed by atoms with Crippen molar-refractivity contribution < 1.29 is 13.9 Å². The van der Waals surface area contributed by atoms with Gasteiger partial charge in [-0.25, -0.2) is 4.39 Å². The quantitative estimate of drug-likeness (QED) is 0.790. The first-order valence-corrected chi connectivity index (χ1v) is 4.33. The maximum absolute atomic E-state index is 13.4. The summed E-state index contributed by atoms with van der Waals surface area (Å²) in [7, 11) is 1.35. The number of benzene rings is 1. The van der Waals surface area contributed by atoms with Gasteiger partial charge in [-0.05, 0) is 12.1 Å². The zero-order chi connectivity index (χ0) is 12.1. The summed E-state index contributed by atoms with van der Waals surface area (Å²) in [6, 6.07) is 4.03. The van der Waals surface area contributed by atoms with Crippen molar-refractivity contribution in [3.8, 4) is 11.8 Å². The summed E-state index contributed by atoms with van der Waals surface area (Å²) in [6.45, 7) is 3.24. The number of nitrogens with zero attached hydrogens (tertiary/aromatic N) is 1. The van der Waals surface area contributed by atoms with Gasteiger partial charge in [-0.2, -0.15) is 5.26 Å². The summed E-state index contributed by atoms with van der Waals surface area (Å²) in [5.41, 5.74) is 0.0114. The first-order chi connectivity index (χ1) is 7.62. The van der Waals surface area contributed by atoms with E-state index in [2.05, 4.69) is 11.9 Å². The van der Waals surface area contributed by atoms with Crippen LogP contribution in [-0.4, -0.2) is 13.0 Å². The molecule has 0 saturated carbocycles. The van der Waals surface area contributed by atoms with Crippen molar-refractivity contribution in [3.63, 3.8) is 0 Å². The van der Waals surface area contributed by atoms with Gasteiger partial charge in [0.25, 0.3) is 0 Å². The number of hydrogen-bond acceptors (Lipinski definition) is 3. The summed E-state index contributed by atoms with van der Waals surface area (Å²) < 4.78 is 18.3. The molecule has 0 unspecified atom stereocenters. The largest absolute Gasteiger partial charge is 0.495 e. The number of nitriles is 1. The molecule has 0 fully saturated rings. The molecule has 0 aromatic heterocycles. The molecule has 1 aromatic rings. The lowest BCUT2D eigenvalue weighted by Crippen LogP contribution is -2.09. The standard InChI is InChI=1S/C11H9FN2O2/c1-3-11(15)14-9-5-10(16-2)7(6-13)4-8(9)12/h3-5H,1H2,2H3,(H,14,15). The number of carbonyl (C=O) groups excluding carboxylic acids is 1. The number of amides is 1. The van der Waals surface area contributed by atoms with E-state index in [1.54, 1.807) is 6.07 Å². The normalized spacial score (nSPS) is 9.06. The number of anilines is 1. The first-order valence-electron chi connectivity index (χ1n) is 4.33. The van der Waals surface area contributed by atoms with Crippen LogP contribution in [0.3, 0.4) is 0 Å². The topological polar surface area (TPSA) is 62.1 Å². The van der Waals surface area contributed by atoms with Crippen LogP contribution in [-0.2, 0) is 4.79 Å². The number of nitrogens with one attached hydrogen (secondary N) is 1. The molecule has 1 aromatic carbocycles. The van der Waals surface area contributed by atoms with Gasteiger partial charge in [-0.15, -0.1) is 0 Å². The van der Waals surface area contributed by atoms with Gasteiger partial charge in [-0.3, -0.25) is 4.79 Å². The molecule has 0 bridgehead atoms. The molecule has 0 heterocycles. The van der Waals surface area contributed by atoms with Crippen LogP contribution in [0.2, 0.25) is 0 Å². The van der Waals surface area contributed by atoms with Crippen LogP contribution in [0.25, 0.3) is 0 Å². The Bertz CT molecular complexity index is 478. The minimum absolute atomic E-state index is 0.0549. The Morgan fingerprint density at radius 3 is 2.88 bits per heavy atom. The van der Waals surface area contributed by atoms with Crippen LogP contribution in [0.15, 0.2) is 24.8 Å². The third-order valence-electron chi connectivity index (χ3n) is 1.85. The van der Waals surface area contributed by atoms with Crippen molar-refractivity contribution in [3.05, 3.63) is 36.2 Å². The number of hydrogen-bond donors (Lipinski definition) is 1. The van der Waals surface area contributed by atoms with Crippen LogP contribution in [0.1, 0.15) is 5.56 Å². The molecule has 0 saturated heterocycles. The smallest absolute Gasteiger partial charge is 0.247 e. The van der Waals surface area contributed by atoms with E-state index in [0.717, 1.165) is 12.1 Å². The molecule has 0 radical (unpaired) electrons. The average Bonchev–Trinajstić information content (AvgIpc) is 2.30. The number of halogens is 1. The lowest BCUT2D eigenvalue weighted by atomic mass is 10.2. The second-order valence-electron chi connectivity index (χ2n) is 2.84. The van der Waals surface area contributed by atoms with Crippen molar-refractivity contribution in [2.45, 2.75) is 0 Å². The maximum Gasteiger partial charge on any atom is 0.247 e. The summed E-state index contributed by atoms with van der Waals surface area (Å²) >= 11 is 0. The van der Waals surface area contributed by atoms with Crippen molar-refractivity contribution in [2.24, 2.45) is 0 Å². The molecule has 0 aliphatic heterocycles. The predicted molar refractivity (Wildman–Crippen MR) is 56.5 cm³/mol. The molecule has 0 aliphatic carbocycles. The SMILES string of the molecule is C=CC(=O)Nc1cc(OC)c(C#N)cc1F. The van der Waals surface area contributed by atoms with Gasteiger partial charge in [0, 0.05) is 6.07 Å². The van der Waals surface area contributed by atoms with Gasteiger partial charge in [0.05, 0.1) is 18.4 Å². The molecule has 82 valence electrons. The van der Waals surface area contributed by atoms with Crippen LogP contribution < -0.4 is 10.1 Å². The number of carbonyl (C=O) groups is 1. The highest BCUT2D eigenvalue weighted by atomic mass is 19.1. The van der Waals surface area contributed by atoms with Crippen molar-refractivity contribution in [2.75, 3.05) is 12.4 Å². The molecular weight excluding hydrogens is 211 g/mol. The van der Waals surface area contributed by atoms with Crippen molar-refractivity contribution in [1.82, 2.24) is 0 Å². The van der Waals surface area contributed by atoms with E-state index in [4.69, 9.17) is 10.00 Å². The monoisotopic (exact) mass is 220 g/mol. The number of rotatable bonds is 3. The highest BCUT2D eigenvalue weighted by Crippen LogP contribution is 2.25. The van der Waals surface area contributed by atoms with E-state index in [1.165, 1.54) is 13.2 Å².